The van der Waals surface area contributed by atoms with E-state index in [0.717, 1.165) is 6.07 Å². The Morgan fingerprint density at radius 3 is 2.84 bits per heavy atom. The lowest BCUT2D eigenvalue weighted by Gasteiger charge is -2.13. The molecule has 0 saturated heterocycles. The van der Waals surface area contributed by atoms with Crippen LogP contribution in [0.5, 0.6) is 0 Å². The van der Waals surface area contributed by atoms with Crippen molar-refractivity contribution in [1.29, 1.82) is 0 Å². The fourth-order valence-corrected chi connectivity index (χ4v) is 2.13. The molecular weight excluding hydrogens is 252 g/mol. The summed E-state index contributed by atoms with van der Waals surface area (Å²) in [4.78, 5) is 11.7. The van der Waals surface area contributed by atoms with Gasteiger partial charge in [-0.2, -0.15) is 0 Å². The van der Waals surface area contributed by atoms with Crippen LogP contribution >= 0.6 is 0 Å². The largest absolute Gasteiger partial charge is 0.396 e. The van der Waals surface area contributed by atoms with E-state index in [4.69, 9.17) is 5.11 Å². The van der Waals surface area contributed by atoms with Crippen molar-refractivity contribution in [2.24, 2.45) is 5.92 Å². The van der Waals surface area contributed by atoms with Crippen molar-refractivity contribution in [2.45, 2.75) is 18.9 Å². The van der Waals surface area contributed by atoms with Crippen molar-refractivity contribution in [3.05, 3.63) is 47.5 Å². The monoisotopic (exact) mass is 267 g/mol. The Labute approximate surface area is 109 Å². The molecule has 0 heterocycles. The summed E-state index contributed by atoms with van der Waals surface area (Å²) in [5.41, 5.74) is 0.0400. The highest BCUT2D eigenvalue weighted by molar-refractivity contribution is 5.79. The highest BCUT2D eigenvalue weighted by Crippen LogP contribution is 2.17. The number of nitrogens with one attached hydrogen (secondary N) is 1. The average molecular weight is 267 g/mol. The van der Waals surface area contributed by atoms with Crippen LogP contribution in [0.25, 0.3) is 0 Å². The number of hydrogen-bond acceptors (Lipinski definition) is 2. The molecule has 3 nitrogen and oxygen atoms in total. The van der Waals surface area contributed by atoms with E-state index >= 15 is 0 Å². The SMILES string of the molecule is O=C(Cc1cccc(F)c1F)N[C@@H]1C=C[C@H](CO)C1. The van der Waals surface area contributed by atoms with Crippen LogP contribution in [0.15, 0.2) is 30.4 Å². The molecule has 0 aliphatic heterocycles. The summed E-state index contributed by atoms with van der Waals surface area (Å²) in [7, 11) is 0. The minimum absolute atomic E-state index is 0.0400. The van der Waals surface area contributed by atoms with Gasteiger partial charge in [0.15, 0.2) is 11.6 Å². The molecule has 19 heavy (non-hydrogen) atoms. The molecule has 2 N–H and O–H groups in total. The first kappa shape index (κ1) is 13.7. The molecule has 0 unspecified atom stereocenters. The van der Waals surface area contributed by atoms with Gasteiger partial charge in [-0.1, -0.05) is 24.3 Å². The number of rotatable bonds is 4. The zero-order valence-electron chi connectivity index (χ0n) is 10.3. The smallest absolute Gasteiger partial charge is 0.224 e. The molecule has 102 valence electrons. The van der Waals surface area contributed by atoms with Gasteiger partial charge >= 0.3 is 0 Å². The Balaban J connectivity index is 1.92. The quantitative estimate of drug-likeness (QED) is 0.813. The Bertz CT molecular complexity index is 502. The molecule has 0 aromatic heterocycles. The van der Waals surface area contributed by atoms with E-state index in [2.05, 4.69) is 5.32 Å². The summed E-state index contributed by atoms with van der Waals surface area (Å²) in [6.45, 7) is 0.0431. The molecule has 0 spiro atoms. The fraction of sp³-hybridized carbons (Fsp3) is 0.357. The lowest BCUT2D eigenvalue weighted by atomic mass is 10.1. The Kier molecular flexibility index (Phi) is 4.27. The minimum atomic E-state index is -0.979. The molecule has 5 heteroatoms. The maximum atomic E-state index is 13.4. The van der Waals surface area contributed by atoms with Crippen molar-refractivity contribution < 1.29 is 18.7 Å². The van der Waals surface area contributed by atoms with E-state index in [1.54, 1.807) is 6.08 Å². The van der Waals surface area contributed by atoms with E-state index in [1.807, 2.05) is 6.08 Å². The third-order valence-electron chi connectivity index (χ3n) is 3.14. The third-order valence-corrected chi connectivity index (χ3v) is 3.14. The van der Waals surface area contributed by atoms with Gasteiger partial charge in [-0.25, -0.2) is 8.78 Å². The standard InChI is InChI=1S/C14H15F2NO2/c15-12-3-1-2-10(14(12)16)7-13(19)17-11-5-4-9(6-11)8-18/h1-5,9,11,18H,6-8H2,(H,17,19)/t9-,11+/m0/s1. The lowest BCUT2D eigenvalue weighted by Crippen LogP contribution is -2.34. The first-order chi connectivity index (χ1) is 9.10. The molecule has 2 rings (SSSR count). The molecule has 1 aromatic carbocycles. The molecule has 1 aliphatic carbocycles. The van der Waals surface area contributed by atoms with Gasteiger partial charge in [0.1, 0.15) is 0 Å². The zero-order valence-corrected chi connectivity index (χ0v) is 10.3. The molecular formula is C14H15F2NO2. The molecule has 0 saturated carbocycles. The molecule has 0 fully saturated rings. The number of halogens is 2. The summed E-state index contributed by atoms with van der Waals surface area (Å²) < 4.78 is 26.4. The van der Waals surface area contributed by atoms with E-state index in [-0.39, 0.29) is 36.5 Å². The van der Waals surface area contributed by atoms with Crippen molar-refractivity contribution in [1.82, 2.24) is 5.32 Å². The molecule has 1 amide bonds. The molecule has 1 aliphatic rings. The topological polar surface area (TPSA) is 49.3 Å². The van der Waals surface area contributed by atoms with Gasteiger partial charge in [-0.05, 0) is 12.5 Å². The van der Waals surface area contributed by atoms with Crippen LogP contribution < -0.4 is 5.32 Å². The third kappa shape index (κ3) is 3.38. The van der Waals surface area contributed by atoms with Crippen LogP contribution in [0, 0.1) is 17.6 Å². The number of carbonyl (C=O) groups excluding carboxylic acids is 1. The molecule has 0 bridgehead atoms. The van der Waals surface area contributed by atoms with Crippen molar-refractivity contribution in [2.75, 3.05) is 6.61 Å². The predicted octanol–water partition coefficient (Wildman–Crippen LogP) is 1.56. The predicted molar refractivity (Wildman–Crippen MR) is 66.3 cm³/mol. The van der Waals surface area contributed by atoms with E-state index in [9.17, 15) is 13.6 Å². The van der Waals surface area contributed by atoms with Crippen LogP contribution in [0.3, 0.4) is 0 Å². The summed E-state index contributed by atoms with van der Waals surface area (Å²) in [5, 5.41) is 11.7. The highest BCUT2D eigenvalue weighted by atomic mass is 19.2. The van der Waals surface area contributed by atoms with Gasteiger partial charge in [-0.3, -0.25) is 4.79 Å². The Morgan fingerprint density at radius 2 is 2.16 bits per heavy atom. The lowest BCUT2D eigenvalue weighted by molar-refractivity contribution is -0.120. The van der Waals surface area contributed by atoms with Crippen LogP contribution in [-0.4, -0.2) is 23.7 Å². The van der Waals surface area contributed by atoms with Crippen LogP contribution in [0.4, 0.5) is 8.78 Å². The first-order valence-corrected chi connectivity index (χ1v) is 6.11. The second-order valence-electron chi connectivity index (χ2n) is 4.63. The average Bonchev–Trinajstić information content (AvgIpc) is 2.82. The summed E-state index contributed by atoms with van der Waals surface area (Å²) in [6, 6.07) is 3.63. The first-order valence-electron chi connectivity index (χ1n) is 6.11. The number of hydrogen-bond donors (Lipinski definition) is 2. The second-order valence-corrected chi connectivity index (χ2v) is 4.63. The Hall–Kier alpha value is -1.75. The van der Waals surface area contributed by atoms with Gasteiger partial charge in [0.2, 0.25) is 5.91 Å². The Morgan fingerprint density at radius 1 is 1.37 bits per heavy atom. The van der Waals surface area contributed by atoms with Gasteiger partial charge in [0.25, 0.3) is 0 Å². The van der Waals surface area contributed by atoms with E-state index in [1.165, 1.54) is 12.1 Å². The summed E-state index contributed by atoms with van der Waals surface area (Å²) in [5.74, 6) is -2.24. The normalized spacial score (nSPS) is 21.6. The van der Waals surface area contributed by atoms with Gasteiger partial charge in [0.05, 0.1) is 6.42 Å². The maximum absolute atomic E-state index is 13.4. The van der Waals surface area contributed by atoms with Crippen LogP contribution in [0.1, 0.15) is 12.0 Å². The summed E-state index contributed by atoms with van der Waals surface area (Å²) >= 11 is 0. The van der Waals surface area contributed by atoms with Crippen molar-refractivity contribution in [3.63, 3.8) is 0 Å². The number of aliphatic hydroxyl groups excluding tert-OH is 1. The highest BCUT2D eigenvalue weighted by Gasteiger charge is 2.20. The number of carbonyl (C=O) groups is 1. The summed E-state index contributed by atoms with van der Waals surface area (Å²) in [6.07, 6.45) is 4.08. The van der Waals surface area contributed by atoms with Crippen molar-refractivity contribution in [3.8, 4) is 0 Å². The zero-order chi connectivity index (χ0) is 13.8. The van der Waals surface area contributed by atoms with Crippen molar-refractivity contribution >= 4 is 5.91 Å². The molecule has 0 radical (unpaired) electrons. The van der Waals surface area contributed by atoms with Gasteiger partial charge in [0, 0.05) is 24.1 Å². The maximum Gasteiger partial charge on any atom is 0.224 e. The molecule has 1 aromatic rings. The van der Waals surface area contributed by atoms with E-state index in [0.29, 0.717) is 6.42 Å². The molecule has 2 atom stereocenters. The minimum Gasteiger partial charge on any atom is -0.396 e. The number of aliphatic hydroxyl groups is 1. The van der Waals surface area contributed by atoms with Crippen LogP contribution in [-0.2, 0) is 11.2 Å². The fourth-order valence-electron chi connectivity index (χ4n) is 2.13. The second kappa shape index (κ2) is 5.93. The number of benzene rings is 1. The van der Waals surface area contributed by atoms with Gasteiger partial charge < -0.3 is 10.4 Å². The van der Waals surface area contributed by atoms with Gasteiger partial charge in [-0.15, -0.1) is 0 Å². The van der Waals surface area contributed by atoms with E-state index < -0.39 is 11.6 Å². The van der Waals surface area contributed by atoms with Crippen LogP contribution in [0.2, 0.25) is 0 Å². The number of amides is 1.